The molecule has 3 heterocycles. The molecule has 1 aromatic carbocycles. The van der Waals surface area contributed by atoms with Crippen LogP contribution in [0.2, 0.25) is 0 Å². The highest BCUT2D eigenvalue weighted by atomic mass is 35.5. The van der Waals surface area contributed by atoms with Crippen LogP contribution in [-0.2, 0) is 16.9 Å². The van der Waals surface area contributed by atoms with Crippen molar-refractivity contribution in [1.29, 1.82) is 0 Å². The van der Waals surface area contributed by atoms with Gasteiger partial charge in [0.25, 0.3) is 0 Å². The number of anilines is 1. The Morgan fingerprint density at radius 3 is 2.71 bits per heavy atom. The van der Waals surface area contributed by atoms with Crippen molar-refractivity contribution in [2.75, 3.05) is 25.5 Å². The number of carboxylic acids is 1. The highest BCUT2D eigenvalue weighted by Gasteiger charge is 2.55. The third-order valence-electron chi connectivity index (χ3n) is 7.44. The lowest BCUT2D eigenvalue weighted by Crippen LogP contribution is -2.51. The Labute approximate surface area is 246 Å². The van der Waals surface area contributed by atoms with Crippen molar-refractivity contribution in [1.82, 2.24) is 14.9 Å². The summed E-state index contributed by atoms with van der Waals surface area (Å²) in [5.41, 5.74) is 0.520. The van der Waals surface area contributed by atoms with Crippen molar-refractivity contribution < 1.29 is 23.8 Å². The first-order valence-corrected chi connectivity index (χ1v) is 13.7. The van der Waals surface area contributed by atoms with Gasteiger partial charge in [0.15, 0.2) is 22.3 Å². The normalized spacial score (nSPS) is 21.8. The molecule has 0 amide bonds. The molecule has 0 bridgehead atoms. The molecular weight excluding hydrogens is 570 g/mol. The van der Waals surface area contributed by atoms with Gasteiger partial charge in [-0.1, -0.05) is 65.7 Å². The minimum absolute atomic E-state index is 0.0521. The molecule has 1 saturated heterocycles. The summed E-state index contributed by atoms with van der Waals surface area (Å²) in [5.74, 6) is -2.05. The fourth-order valence-corrected chi connectivity index (χ4v) is 6.02. The Morgan fingerprint density at radius 2 is 2.02 bits per heavy atom. The van der Waals surface area contributed by atoms with Gasteiger partial charge in [-0.25, -0.2) is 14.4 Å². The van der Waals surface area contributed by atoms with Crippen molar-refractivity contribution in [3.8, 4) is 5.88 Å². The molecule has 11 heteroatoms. The molecular formula is C30H27Cl2FN4O4. The Morgan fingerprint density at radius 1 is 1.24 bits per heavy atom. The summed E-state index contributed by atoms with van der Waals surface area (Å²) in [5, 5.41) is 12.5. The number of aliphatic carboxylic acids is 1. The van der Waals surface area contributed by atoms with Gasteiger partial charge in [0.05, 0.1) is 24.3 Å². The number of carbonyl (C=O) groups excluding carboxylic acids is 1. The SMILES string of the molecule is COc1nc(C2(Nc3nccc(CN4CCC(C(=O)O)C4)c3F)C=CC=C(c3ccccc3)C2(Cl)Cl)ccc1C=O. The first-order valence-electron chi connectivity index (χ1n) is 12.9. The number of likely N-dealkylation sites (tertiary alicyclic amines) is 1. The van der Waals surface area contributed by atoms with E-state index in [4.69, 9.17) is 27.9 Å². The van der Waals surface area contributed by atoms with E-state index in [1.807, 2.05) is 35.2 Å². The number of hydrogen-bond donors (Lipinski definition) is 2. The predicted octanol–water partition coefficient (Wildman–Crippen LogP) is 5.48. The number of hydrogen-bond acceptors (Lipinski definition) is 7. The summed E-state index contributed by atoms with van der Waals surface area (Å²) in [6.45, 7) is 1.08. The predicted molar refractivity (Wildman–Crippen MR) is 155 cm³/mol. The molecule has 2 aliphatic rings. The number of carboxylic acid groups (broad SMARTS) is 1. The summed E-state index contributed by atoms with van der Waals surface area (Å²) in [6.07, 6.45) is 7.78. The lowest BCUT2D eigenvalue weighted by Gasteiger charge is -2.44. The zero-order chi connectivity index (χ0) is 29.2. The molecule has 2 atom stereocenters. The third-order valence-corrected chi connectivity index (χ3v) is 8.45. The zero-order valence-corrected chi connectivity index (χ0v) is 23.6. The summed E-state index contributed by atoms with van der Waals surface area (Å²) in [7, 11) is 1.39. The average Bonchev–Trinajstić information content (AvgIpc) is 3.45. The van der Waals surface area contributed by atoms with E-state index in [1.165, 1.54) is 19.4 Å². The van der Waals surface area contributed by atoms with Gasteiger partial charge in [-0.2, -0.15) is 0 Å². The summed E-state index contributed by atoms with van der Waals surface area (Å²) in [6, 6.07) is 14.0. The Hall–Kier alpha value is -3.79. The molecule has 2 N–H and O–H groups in total. The number of methoxy groups -OCH3 is 1. The number of rotatable bonds is 9. The number of aromatic nitrogens is 2. The number of carbonyl (C=O) groups is 2. The molecule has 41 heavy (non-hydrogen) atoms. The minimum atomic E-state index is -1.75. The van der Waals surface area contributed by atoms with Gasteiger partial charge < -0.3 is 15.2 Å². The second-order valence-corrected chi connectivity index (χ2v) is 11.2. The van der Waals surface area contributed by atoms with Gasteiger partial charge in [-0.15, -0.1) is 0 Å². The largest absolute Gasteiger partial charge is 0.481 e. The second kappa shape index (κ2) is 11.6. The van der Waals surface area contributed by atoms with Crippen LogP contribution in [0.25, 0.3) is 5.57 Å². The van der Waals surface area contributed by atoms with E-state index < -0.39 is 27.6 Å². The lowest BCUT2D eigenvalue weighted by atomic mass is 9.79. The molecule has 0 saturated carbocycles. The molecule has 5 rings (SSSR count). The molecule has 2 aromatic heterocycles. The lowest BCUT2D eigenvalue weighted by molar-refractivity contribution is -0.141. The number of halogens is 3. The van der Waals surface area contributed by atoms with E-state index >= 15 is 4.39 Å². The zero-order valence-electron chi connectivity index (χ0n) is 22.1. The van der Waals surface area contributed by atoms with E-state index in [9.17, 15) is 14.7 Å². The molecule has 8 nitrogen and oxygen atoms in total. The van der Waals surface area contributed by atoms with E-state index in [0.29, 0.717) is 36.9 Å². The van der Waals surface area contributed by atoms with E-state index in [0.717, 1.165) is 5.56 Å². The van der Waals surface area contributed by atoms with Crippen LogP contribution < -0.4 is 10.1 Å². The van der Waals surface area contributed by atoms with Crippen LogP contribution in [0.15, 0.2) is 73.0 Å². The number of aldehydes is 1. The monoisotopic (exact) mass is 596 g/mol. The van der Waals surface area contributed by atoms with Gasteiger partial charge in [-0.3, -0.25) is 14.5 Å². The molecule has 212 valence electrons. The molecule has 2 unspecified atom stereocenters. The van der Waals surface area contributed by atoms with Crippen molar-refractivity contribution in [2.24, 2.45) is 5.92 Å². The van der Waals surface area contributed by atoms with Crippen LogP contribution in [0.5, 0.6) is 5.88 Å². The Kier molecular flexibility index (Phi) is 8.13. The van der Waals surface area contributed by atoms with Crippen molar-refractivity contribution in [3.05, 3.63) is 101 Å². The van der Waals surface area contributed by atoms with Gasteiger partial charge in [0.2, 0.25) is 5.88 Å². The van der Waals surface area contributed by atoms with E-state index in [2.05, 4.69) is 15.3 Å². The first-order chi connectivity index (χ1) is 19.7. The summed E-state index contributed by atoms with van der Waals surface area (Å²) >= 11 is 14.5. The molecule has 1 aliphatic carbocycles. The smallest absolute Gasteiger partial charge is 0.307 e. The van der Waals surface area contributed by atoms with Crippen molar-refractivity contribution in [3.63, 3.8) is 0 Å². The maximum absolute atomic E-state index is 16.1. The van der Waals surface area contributed by atoms with Crippen LogP contribution in [-0.4, -0.2) is 56.8 Å². The van der Waals surface area contributed by atoms with Crippen LogP contribution in [0.4, 0.5) is 10.2 Å². The topological polar surface area (TPSA) is 105 Å². The number of pyridine rings is 2. The number of nitrogens with zero attached hydrogens (tertiary/aromatic N) is 3. The quantitative estimate of drug-likeness (QED) is 0.247. The van der Waals surface area contributed by atoms with Crippen LogP contribution in [0.1, 0.15) is 33.6 Å². The van der Waals surface area contributed by atoms with Gasteiger partial charge in [-0.05, 0) is 48.4 Å². The number of benzene rings is 1. The van der Waals surface area contributed by atoms with E-state index in [1.54, 1.807) is 30.4 Å². The fourth-order valence-electron chi connectivity index (χ4n) is 5.26. The third kappa shape index (κ3) is 5.32. The maximum Gasteiger partial charge on any atom is 0.307 e. The minimum Gasteiger partial charge on any atom is -0.481 e. The molecule has 0 spiro atoms. The first kappa shape index (κ1) is 28.7. The molecule has 1 fully saturated rings. The van der Waals surface area contributed by atoms with Gasteiger partial charge in [0.1, 0.15) is 5.54 Å². The summed E-state index contributed by atoms with van der Waals surface area (Å²) in [4.78, 5) is 33.7. The highest BCUT2D eigenvalue weighted by molar-refractivity contribution is 6.55. The number of allylic oxidation sites excluding steroid dienone is 2. The second-order valence-electron chi connectivity index (χ2n) is 9.92. The fraction of sp³-hybridized carbons (Fsp3) is 0.267. The summed E-state index contributed by atoms with van der Waals surface area (Å²) < 4.78 is 19.7. The van der Waals surface area contributed by atoms with Crippen LogP contribution in [0.3, 0.4) is 0 Å². The number of ether oxygens (including phenoxy) is 1. The average molecular weight is 597 g/mol. The molecule has 1 aliphatic heterocycles. The van der Waals surface area contributed by atoms with Crippen molar-refractivity contribution in [2.45, 2.75) is 22.8 Å². The molecule has 3 aromatic rings. The molecule has 0 radical (unpaired) electrons. The van der Waals surface area contributed by atoms with Crippen molar-refractivity contribution >= 4 is 46.8 Å². The van der Waals surface area contributed by atoms with E-state index in [-0.39, 0.29) is 29.5 Å². The maximum atomic E-state index is 16.1. The van der Waals surface area contributed by atoms with Crippen LogP contribution in [0, 0.1) is 11.7 Å². The standard InChI is InChI=1S/C30H27Cl2FN4O4/c1-41-27-22(18-38)9-10-24(35-27)29(13-5-8-23(30(29,31)32)19-6-3-2-4-7-19)36-26-25(33)20(11-14-34-26)16-37-15-12-21(17-37)28(39)40/h2-11,13-14,18,21H,12,15-17H2,1H3,(H,34,36)(H,39,40). The number of nitrogens with one attached hydrogen (secondary N) is 1. The number of alkyl halides is 2. The van der Waals surface area contributed by atoms with Crippen LogP contribution >= 0.6 is 23.2 Å². The van der Waals surface area contributed by atoms with Gasteiger partial charge in [0, 0.05) is 24.8 Å². The van der Waals surface area contributed by atoms with Gasteiger partial charge >= 0.3 is 5.97 Å². The highest BCUT2D eigenvalue weighted by Crippen LogP contribution is 2.54. The Balaban J connectivity index is 1.59. The Bertz CT molecular complexity index is 1530.